The summed E-state index contributed by atoms with van der Waals surface area (Å²) in [6, 6.07) is 9.96. The van der Waals surface area contributed by atoms with E-state index in [0.29, 0.717) is 5.75 Å². The van der Waals surface area contributed by atoms with Gasteiger partial charge in [-0.3, -0.25) is 14.9 Å². The van der Waals surface area contributed by atoms with Gasteiger partial charge in [0, 0.05) is 18.2 Å². The highest BCUT2D eigenvalue weighted by Crippen LogP contribution is 2.33. The van der Waals surface area contributed by atoms with Gasteiger partial charge in [0.15, 0.2) is 23.1 Å². The molecule has 0 atom stereocenters. The number of halogens is 4. The Labute approximate surface area is 218 Å². The normalized spacial score (nSPS) is 10.8. The second-order valence-corrected chi connectivity index (χ2v) is 8.59. The van der Waals surface area contributed by atoms with E-state index in [9.17, 15) is 32.5 Å². The molecule has 0 spiro atoms. The smallest absolute Gasteiger partial charge is 0.291 e. The van der Waals surface area contributed by atoms with Gasteiger partial charge in [-0.25, -0.2) is 8.78 Å². The van der Waals surface area contributed by atoms with Crippen LogP contribution in [-0.4, -0.2) is 10.8 Å². The van der Waals surface area contributed by atoms with Crippen LogP contribution in [0.1, 0.15) is 33.0 Å². The highest BCUT2D eigenvalue weighted by molar-refractivity contribution is 6.02. The number of carbonyl (C=O) groups is 1. The topological polar surface area (TPSA) is 104 Å². The number of benzene rings is 3. The number of nitrogens with one attached hydrogen (secondary N) is 1. The Morgan fingerprint density at radius 2 is 1.67 bits per heavy atom. The molecule has 0 fully saturated rings. The van der Waals surface area contributed by atoms with Crippen molar-refractivity contribution in [2.75, 3.05) is 5.32 Å². The number of non-ortho nitro benzene ring substituents is 1. The molecule has 0 saturated carbocycles. The van der Waals surface area contributed by atoms with Crippen LogP contribution in [-0.2, 0) is 6.61 Å². The van der Waals surface area contributed by atoms with Crippen LogP contribution < -0.4 is 14.8 Å². The number of hydrogen-bond donors (Lipinski definition) is 1. The molecule has 0 aliphatic carbocycles. The molecule has 4 rings (SSSR count). The fraction of sp³-hybridized carbons (Fsp3) is 0.148. The zero-order valence-electron chi connectivity index (χ0n) is 20.7. The lowest BCUT2D eigenvalue weighted by atomic mass is 10.1. The van der Waals surface area contributed by atoms with E-state index in [0.717, 1.165) is 22.8 Å². The number of nitrogens with zero attached hydrogens (tertiary/aromatic N) is 1. The Morgan fingerprint density at radius 3 is 2.33 bits per heavy atom. The van der Waals surface area contributed by atoms with Gasteiger partial charge in [-0.1, -0.05) is 6.07 Å². The Kier molecular flexibility index (Phi) is 7.56. The highest BCUT2D eigenvalue weighted by Gasteiger charge is 2.22. The second-order valence-electron chi connectivity index (χ2n) is 8.59. The highest BCUT2D eigenvalue weighted by atomic mass is 19.2. The molecule has 8 nitrogen and oxygen atoms in total. The van der Waals surface area contributed by atoms with Gasteiger partial charge in [-0.2, -0.15) is 8.78 Å². The van der Waals surface area contributed by atoms with Gasteiger partial charge < -0.3 is 19.2 Å². The van der Waals surface area contributed by atoms with Gasteiger partial charge in [0.1, 0.15) is 23.9 Å². The maximum absolute atomic E-state index is 13.8. The molecule has 1 N–H and O–H groups in total. The summed E-state index contributed by atoms with van der Waals surface area (Å²) in [4.78, 5) is 23.5. The van der Waals surface area contributed by atoms with E-state index in [1.165, 1.54) is 24.3 Å². The van der Waals surface area contributed by atoms with Crippen molar-refractivity contribution in [3.05, 3.63) is 110 Å². The van der Waals surface area contributed by atoms with E-state index in [4.69, 9.17) is 13.9 Å². The number of rotatable bonds is 8. The third-order valence-corrected chi connectivity index (χ3v) is 5.67. The molecule has 0 aliphatic rings. The molecule has 0 unspecified atom stereocenters. The molecular formula is C27H20F4N2O6. The van der Waals surface area contributed by atoms with E-state index in [2.05, 4.69) is 5.32 Å². The van der Waals surface area contributed by atoms with Gasteiger partial charge in [-0.15, -0.1) is 0 Å². The molecule has 12 heteroatoms. The van der Waals surface area contributed by atoms with E-state index in [1.807, 2.05) is 26.8 Å². The quantitative estimate of drug-likeness (QED) is 0.108. The summed E-state index contributed by atoms with van der Waals surface area (Å²) in [5.74, 6) is -8.61. The fourth-order valence-electron chi connectivity index (χ4n) is 3.65. The Morgan fingerprint density at radius 1 is 0.974 bits per heavy atom. The van der Waals surface area contributed by atoms with Crippen molar-refractivity contribution in [2.45, 2.75) is 27.4 Å². The summed E-state index contributed by atoms with van der Waals surface area (Å²) in [6.07, 6.45) is 0. The lowest BCUT2D eigenvalue weighted by molar-refractivity contribution is -0.384. The summed E-state index contributed by atoms with van der Waals surface area (Å²) < 4.78 is 70.3. The van der Waals surface area contributed by atoms with Crippen LogP contribution in [0.2, 0.25) is 0 Å². The van der Waals surface area contributed by atoms with Crippen molar-refractivity contribution in [2.24, 2.45) is 0 Å². The number of furan rings is 1. The molecule has 202 valence electrons. The average molecular weight is 544 g/mol. The molecule has 39 heavy (non-hydrogen) atoms. The van der Waals surface area contributed by atoms with Crippen molar-refractivity contribution in [3.63, 3.8) is 0 Å². The standard InChI is InChI=1S/C27H20F4N2O6/c1-13-6-14(2)15(3)23(7-13)39-19-9-16(8-17(10-19)33(35)36)32-27(34)22-5-4-18(38-22)12-37-26-24(30)20(28)11-21(29)25(26)31/h4-11H,12H2,1-3H3,(H,32,34). The van der Waals surface area contributed by atoms with Crippen molar-refractivity contribution in [1.29, 1.82) is 0 Å². The Hall–Kier alpha value is -4.87. The molecule has 1 aromatic heterocycles. The van der Waals surface area contributed by atoms with Crippen LogP contribution in [0.4, 0.5) is 28.9 Å². The summed E-state index contributed by atoms with van der Waals surface area (Å²) in [7, 11) is 0. The minimum atomic E-state index is -1.72. The van der Waals surface area contributed by atoms with Gasteiger partial charge in [0.2, 0.25) is 11.6 Å². The first-order valence-electron chi connectivity index (χ1n) is 11.3. The van der Waals surface area contributed by atoms with Crippen LogP contribution in [0.5, 0.6) is 17.2 Å². The number of nitro benzene ring substituents is 1. The van der Waals surface area contributed by atoms with Crippen LogP contribution in [0.3, 0.4) is 0 Å². The SMILES string of the molecule is Cc1cc(C)c(C)c(Oc2cc(NC(=O)c3ccc(COc4c(F)c(F)cc(F)c4F)o3)cc([N+](=O)[O-])c2)c1. The molecule has 0 radical (unpaired) electrons. The molecule has 4 aromatic rings. The fourth-order valence-corrected chi connectivity index (χ4v) is 3.65. The van der Waals surface area contributed by atoms with Crippen LogP contribution >= 0.6 is 0 Å². The first-order chi connectivity index (χ1) is 18.4. The average Bonchev–Trinajstić information content (AvgIpc) is 3.35. The summed E-state index contributed by atoms with van der Waals surface area (Å²) in [5.41, 5.74) is 2.42. The number of amides is 1. The number of hydrogen-bond acceptors (Lipinski definition) is 6. The maximum Gasteiger partial charge on any atom is 0.291 e. The van der Waals surface area contributed by atoms with Gasteiger partial charge in [-0.05, 0) is 55.7 Å². The van der Waals surface area contributed by atoms with E-state index >= 15 is 0 Å². The molecule has 1 heterocycles. The summed E-state index contributed by atoms with van der Waals surface area (Å²) >= 11 is 0. The predicted octanol–water partition coefficient (Wildman–Crippen LogP) is 7.29. The van der Waals surface area contributed by atoms with Gasteiger partial charge in [0.25, 0.3) is 11.6 Å². The number of carbonyl (C=O) groups excluding carboxylic acids is 1. The van der Waals surface area contributed by atoms with Crippen LogP contribution in [0, 0.1) is 54.2 Å². The number of nitro groups is 1. The second kappa shape index (κ2) is 10.9. The Bertz CT molecular complexity index is 1580. The molecule has 0 bridgehead atoms. The zero-order chi connectivity index (χ0) is 28.4. The number of aryl methyl sites for hydroxylation is 2. The van der Waals surface area contributed by atoms with E-state index in [1.54, 1.807) is 6.07 Å². The molecule has 3 aromatic carbocycles. The zero-order valence-corrected chi connectivity index (χ0v) is 20.7. The molecular weight excluding hydrogens is 524 g/mol. The lowest BCUT2D eigenvalue weighted by Crippen LogP contribution is -2.11. The monoisotopic (exact) mass is 544 g/mol. The minimum Gasteiger partial charge on any atom is -0.479 e. The summed E-state index contributed by atoms with van der Waals surface area (Å²) in [6.45, 7) is 4.97. The van der Waals surface area contributed by atoms with Gasteiger partial charge in [0.05, 0.1) is 16.7 Å². The lowest BCUT2D eigenvalue weighted by Gasteiger charge is -2.13. The van der Waals surface area contributed by atoms with Gasteiger partial charge >= 0.3 is 0 Å². The third-order valence-electron chi connectivity index (χ3n) is 5.67. The van der Waals surface area contributed by atoms with Crippen molar-refractivity contribution >= 4 is 17.3 Å². The third kappa shape index (κ3) is 6.00. The maximum atomic E-state index is 13.8. The van der Waals surface area contributed by atoms with Crippen molar-refractivity contribution < 1.29 is 41.2 Å². The number of anilines is 1. The predicted molar refractivity (Wildman–Crippen MR) is 131 cm³/mol. The van der Waals surface area contributed by atoms with Crippen molar-refractivity contribution in [3.8, 4) is 17.2 Å². The Balaban J connectivity index is 1.51. The molecule has 1 amide bonds. The van der Waals surface area contributed by atoms with E-state index in [-0.39, 0.29) is 34.7 Å². The first kappa shape index (κ1) is 27.2. The number of ether oxygens (including phenoxy) is 2. The van der Waals surface area contributed by atoms with E-state index < -0.39 is 46.5 Å². The molecule has 0 saturated heterocycles. The largest absolute Gasteiger partial charge is 0.479 e. The van der Waals surface area contributed by atoms with Crippen molar-refractivity contribution in [1.82, 2.24) is 0 Å². The van der Waals surface area contributed by atoms with Crippen LogP contribution in [0.15, 0.2) is 52.9 Å². The van der Waals surface area contributed by atoms with Crippen LogP contribution in [0.25, 0.3) is 0 Å². The summed E-state index contributed by atoms with van der Waals surface area (Å²) in [5, 5.41) is 13.9. The molecule has 0 aliphatic heterocycles. The first-order valence-corrected chi connectivity index (χ1v) is 11.3. The minimum absolute atomic E-state index is 0.0276.